The Hall–Kier alpha value is -5.38. The molecular weight excluding hydrogens is 522 g/mol. The van der Waals surface area contributed by atoms with Crippen molar-refractivity contribution >= 4 is 28.5 Å². The van der Waals surface area contributed by atoms with Crippen molar-refractivity contribution in [1.29, 1.82) is 0 Å². The Morgan fingerprint density at radius 3 is 2.61 bits per heavy atom. The summed E-state index contributed by atoms with van der Waals surface area (Å²) in [6, 6.07) is 28.2. The summed E-state index contributed by atoms with van der Waals surface area (Å²) >= 11 is 0. The molecule has 1 aromatic heterocycles. The molecule has 1 aliphatic heterocycles. The van der Waals surface area contributed by atoms with E-state index in [9.17, 15) is 9.59 Å². The molecule has 0 radical (unpaired) electrons. The first-order valence-electron chi connectivity index (χ1n) is 13.1. The smallest absolute Gasteiger partial charge is 0.249 e. The fraction of sp³-hybridized carbons (Fsp3) is 0.161. The van der Waals surface area contributed by atoms with Gasteiger partial charge in [0.25, 0.3) is 0 Å². The van der Waals surface area contributed by atoms with E-state index in [1.54, 1.807) is 49.6 Å². The van der Waals surface area contributed by atoms with Crippen molar-refractivity contribution < 1.29 is 23.8 Å². The van der Waals surface area contributed by atoms with Crippen LogP contribution in [0, 0.1) is 0 Å². The number of rotatable bonds is 9. The fourth-order valence-corrected chi connectivity index (χ4v) is 4.82. The molecule has 2 amide bonds. The fourth-order valence-electron chi connectivity index (χ4n) is 4.82. The lowest BCUT2D eigenvalue weighted by Gasteiger charge is -2.32. The molecule has 1 atom stereocenters. The standard InChI is InChI=1S/C31H27N5O5/c1-39-24-11-7-10-22(16-24)30(31(38)32-18-21-8-3-2-4-9-21)36(23-14-15-27-28(17-23)41-20-40-27)29(37)19-35-26-13-6-5-12-25(26)33-34-35/h2-17,30H,18-20H2,1H3,(H,32,38). The average molecular weight is 550 g/mol. The highest BCUT2D eigenvalue weighted by molar-refractivity contribution is 6.02. The largest absolute Gasteiger partial charge is 0.497 e. The van der Waals surface area contributed by atoms with Gasteiger partial charge in [0, 0.05) is 18.3 Å². The van der Waals surface area contributed by atoms with E-state index in [-0.39, 0.29) is 31.7 Å². The summed E-state index contributed by atoms with van der Waals surface area (Å²) < 4.78 is 18.1. The van der Waals surface area contributed by atoms with Crippen molar-refractivity contribution in [2.24, 2.45) is 0 Å². The Morgan fingerprint density at radius 1 is 0.951 bits per heavy atom. The number of fused-ring (bicyclic) bond motifs is 2. The number of methoxy groups -OCH3 is 1. The number of aromatic nitrogens is 3. The molecule has 41 heavy (non-hydrogen) atoms. The second kappa shape index (κ2) is 11.4. The molecule has 1 N–H and O–H groups in total. The van der Waals surface area contributed by atoms with Crippen LogP contribution in [-0.4, -0.2) is 40.7 Å². The number of amides is 2. The van der Waals surface area contributed by atoms with Crippen LogP contribution < -0.4 is 24.4 Å². The zero-order valence-corrected chi connectivity index (χ0v) is 22.3. The van der Waals surface area contributed by atoms with E-state index in [4.69, 9.17) is 14.2 Å². The van der Waals surface area contributed by atoms with Gasteiger partial charge < -0.3 is 19.5 Å². The third-order valence-electron chi connectivity index (χ3n) is 6.83. The first-order chi connectivity index (χ1) is 20.1. The molecule has 6 rings (SSSR count). The highest BCUT2D eigenvalue weighted by Crippen LogP contribution is 2.38. The maximum atomic E-state index is 14.3. The number of carbonyl (C=O) groups is 2. The number of hydrogen-bond acceptors (Lipinski definition) is 7. The molecule has 0 bridgehead atoms. The molecular formula is C31H27N5O5. The van der Waals surface area contributed by atoms with Crippen LogP contribution in [0.4, 0.5) is 5.69 Å². The van der Waals surface area contributed by atoms with Gasteiger partial charge in [0.2, 0.25) is 18.6 Å². The summed E-state index contributed by atoms with van der Waals surface area (Å²) in [5.74, 6) is 0.873. The molecule has 1 unspecified atom stereocenters. The average Bonchev–Trinajstić information content (AvgIpc) is 3.66. The molecule has 0 aliphatic carbocycles. The van der Waals surface area contributed by atoms with Crippen molar-refractivity contribution in [2.75, 3.05) is 18.8 Å². The highest BCUT2D eigenvalue weighted by Gasteiger charge is 2.34. The lowest BCUT2D eigenvalue weighted by Crippen LogP contribution is -2.45. The predicted octanol–water partition coefficient (Wildman–Crippen LogP) is 4.26. The number of hydrogen-bond donors (Lipinski definition) is 1. The van der Waals surface area contributed by atoms with Gasteiger partial charge in [-0.1, -0.05) is 59.8 Å². The molecule has 0 spiro atoms. The molecule has 10 heteroatoms. The monoisotopic (exact) mass is 549 g/mol. The first-order valence-corrected chi connectivity index (χ1v) is 13.1. The number of nitrogens with one attached hydrogen (secondary N) is 1. The maximum Gasteiger partial charge on any atom is 0.249 e. The van der Waals surface area contributed by atoms with Gasteiger partial charge in [-0.05, 0) is 47.5 Å². The van der Waals surface area contributed by atoms with E-state index in [1.165, 1.54) is 9.58 Å². The molecule has 2 heterocycles. The Balaban J connectivity index is 1.43. The van der Waals surface area contributed by atoms with Gasteiger partial charge in [0.05, 0.1) is 12.6 Å². The van der Waals surface area contributed by atoms with Crippen molar-refractivity contribution in [3.8, 4) is 17.2 Å². The van der Waals surface area contributed by atoms with E-state index in [0.717, 1.165) is 5.56 Å². The maximum absolute atomic E-state index is 14.3. The summed E-state index contributed by atoms with van der Waals surface area (Å²) in [7, 11) is 1.56. The molecule has 1 aliphatic rings. The normalized spacial score (nSPS) is 12.6. The van der Waals surface area contributed by atoms with E-state index in [0.29, 0.717) is 39.5 Å². The number of anilines is 1. The Labute approximate surface area is 236 Å². The zero-order chi connectivity index (χ0) is 28.2. The molecule has 0 fully saturated rings. The van der Waals surface area contributed by atoms with Crippen LogP contribution >= 0.6 is 0 Å². The quantitative estimate of drug-likeness (QED) is 0.293. The van der Waals surface area contributed by atoms with Gasteiger partial charge in [0.15, 0.2) is 11.5 Å². The third-order valence-corrected chi connectivity index (χ3v) is 6.83. The van der Waals surface area contributed by atoms with Gasteiger partial charge >= 0.3 is 0 Å². The molecule has 0 saturated carbocycles. The number of ether oxygens (including phenoxy) is 3. The minimum atomic E-state index is -1.04. The first kappa shape index (κ1) is 25.9. The van der Waals surface area contributed by atoms with Gasteiger partial charge in [-0.2, -0.15) is 0 Å². The highest BCUT2D eigenvalue weighted by atomic mass is 16.7. The van der Waals surface area contributed by atoms with Crippen LogP contribution in [0.25, 0.3) is 11.0 Å². The molecule has 206 valence electrons. The van der Waals surface area contributed by atoms with Gasteiger partial charge in [-0.3, -0.25) is 14.5 Å². The summed E-state index contributed by atoms with van der Waals surface area (Å²) in [6.07, 6.45) is 0. The van der Waals surface area contributed by atoms with E-state index in [1.807, 2.05) is 54.6 Å². The zero-order valence-electron chi connectivity index (χ0n) is 22.3. The van der Waals surface area contributed by atoms with Gasteiger partial charge in [-0.15, -0.1) is 5.10 Å². The minimum absolute atomic E-state index is 0.0779. The van der Waals surface area contributed by atoms with Crippen LogP contribution in [0.2, 0.25) is 0 Å². The van der Waals surface area contributed by atoms with Crippen LogP contribution in [0.1, 0.15) is 17.2 Å². The lowest BCUT2D eigenvalue weighted by atomic mass is 10.0. The van der Waals surface area contributed by atoms with Crippen LogP contribution in [0.15, 0.2) is 97.1 Å². The third kappa shape index (κ3) is 5.40. The van der Waals surface area contributed by atoms with E-state index < -0.39 is 6.04 Å². The van der Waals surface area contributed by atoms with Crippen LogP contribution in [-0.2, 0) is 22.7 Å². The number of carbonyl (C=O) groups excluding carboxylic acids is 2. The Kier molecular flexibility index (Phi) is 7.19. The second-order valence-corrected chi connectivity index (χ2v) is 9.42. The SMILES string of the molecule is COc1cccc(C(C(=O)NCc2ccccc2)N(C(=O)Cn2nnc3ccccc32)c2ccc3c(c2)OCO3)c1. The molecule has 5 aromatic rings. The predicted molar refractivity (Wildman–Crippen MR) is 152 cm³/mol. The Bertz CT molecular complexity index is 1700. The van der Waals surface area contributed by atoms with Crippen molar-refractivity contribution in [3.63, 3.8) is 0 Å². The lowest BCUT2D eigenvalue weighted by molar-refractivity contribution is -0.127. The molecule has 0 saturated heterocycles. The van der Waals surface area contributed by atoms with Crippen molar-refractivity contribution in [1.82, 2.24) is 20.3 Å². The number of para-hydroxylation sites is 1. The number of benzene rings is 4. The molecule has 4 aromatic carbocycles. The minimum Gasteiger partial charge on any atom is -0.497 e. The number of nitrogens with zero attached hydrogens (tertiary/aromatic N) is 4. The summed E-state index contributed by atoms with van der Waals surface area (Å²) in [5, 5.41) is 11.4. The topological polar surface area (TPSA) is 108 Å². The summed E-state index contributed by atoms with van der Waals surface area (Å²) in [5.41, 5.74) is 3.34. The van der Waals surface area contributed by atoms with Crippen molar-refractivity contribution in [2.45, 2.75) is 19.1 Å². The Morgan fingerprint density at radius 2 is 1.76 bits per heavy atom. The van der Waals surface area contributed by atoms with Crippen LogP contribution in [0.3, 0.4) is 0 Å². The summed E-state index contributed by atoms with van der Waals surface area (Å²) in [6.45, 7) is 0.215. The second-order valence-electron chi connectivity index (χ2n) is 9.42. The van der Waals surface area contributed by atoms with E-state index in [2.05, 4.69) is 15.6 Å². The van der Waals surface area contributed by atoms with Gasteiger partial charge in [-0.25, -0.2) is 4.68 Å². The van der Waals surface area contributed by atoms with E-state index >= 15 is 0 Å². The summed E-state index contributed by atoms with van der Waals surface area (Å²) in [4.78, 5) is 29.8. The van der Waals surface area contributed by atoms with Crippen LogP contribution in [0.5, 0.6) is 17.2 Å². The molecule has 10 nitrogen and oxygen atoms in total. The van der Waals surface area contributed by atoms with Gasteiger partial charge in [0.1, 0.15) is 23.9 Å². The van der Waals surface area contributed by atoms with Crippen molar-refractivity contribution in [3.05, 3.63) is 108 Å².